The average Bonchev–Trinajstić information content (AvgIpc) is 3.05. The molecular weight excluding hydrogens is 412 g/mol. The van der Waals surface area contributed by atoms with Crippen LogP contribution in [0.5, 0.6) is 0 Å². The maximum Gasteiger partial charge on any atom is 0.337 e. The fraction of sp³-hybridized carbons (Fsp3) is 0.200. The standard InChI is InChI=1S/C20H19BrN2O2S/c1-3-4-17-18(13-5-9-15(21)10-6-13)23-20(26-17)22-16-11-7-14(8-12-16)19(24)25-2/h5-12H,3-4H2,1-2H3,(H,22,23). The van der Waals surface area contributed by atoms with Gasteiger partial charge in [-0.2, -0.15) is 0 Å². The van der Waals surface area contributed by atoms with E-state index in [1.807, 2.05) is 24.3 Å². The number of aromatic nitrogens is 1. The fourth-order valence-electron chi connectivity index (χ4n) is 2.57. The first-order valence-electron chi connectivity index (χ1n) is 8.31. The summed E-state index contributed by atoms with van der Waals surface area (Å²) in [4.78, 5) is 17.6. The second kappa shape index (κ2) is 8.47. The fourth-order valence-corrected chi connectivity index (χ4v) is 3.94. The second-order valence-electron chi connectivity index (χ2n) is 5.74. The highest BCUT2D eigenvalue weighted by molar-refractivity contribution is 9.10. The van der Waals surface area contributed by atoms with Crippen molar-refractivity contribution in [2.24, 2.45) is 0 Å². The molecule has 1 aromatic heterocycles. The summed E-state index contributed by atoms with van der Waals surface area (Å²) in [6, 6.07) is 15.4. The monoisotopic (exact) mass is 430 g/mol. The minimum atomic E-state index is -0.339. The number of esters is 1. The van der Waals surface area contributed by atoms with Gasteiger partial charge in [0, 0.05) is 20.6 Å². The molecule has 0 saturated heterocycles. The van der Waals surface area contributed by atoms with E-state index in [-0.39, 0.29) is 5.97 Å². The molecule has 0 fully saturated rings. The van der Waals surface area contributed by atoms with Crippen molar-refractivity contribution in [2.75, 3.05) is 12.4 Å². The van der Waals surface area contributed by atoms with Gasteiger partial charge in [-0.3, -0.25) is 0 Å². The third-order valence-electron chi connectivity index (χ3n) is 3.85. The average molecular weight is 431 g/mol. The Labute approximate surface area is 165 Å². The molecule has 0 radical (unpaired) electrons. The topological polar surface area (TPSA) is 51.2 Å². The maximum atomic E-state index is 11.5. The number of methoxy groups -OCH3 is 1. The summed E-state index contributed by atoms with van der Waals surface area (Å²) < 4.78 is 5.78. The molecule has 0 bridgehead atoms. The molecule has 3 aromatic rings. The normalized spacial score (nSPS) is 10.6. The number of nitrogens with zero attached hydrogens (tertiary/aromatic N) is 1. The number of nitrogens with one attached hydrogen (secondary N) is 1. The van der Waals surface area contributed by atoms with Gasteiger partial charge >= 0.3 is 5.97 Å². The molecule has 0 unspecified atom stereocenters. The molecule has 0 aliphatic carbocycles. The van der Waals surface area contributed by atoms with Crippen LogP contribution in [0.3, 0.4) is 0 Å². The van der Waals surface area contributed by atoms with Crippen molar-refractivity contribution in [1.29, 1.82) is 0 Å². The van der Waals surface area contributed by atoms with Crippen LogP contribution < -0.4 is 5.32 Å². The number of hydrogen-bond donors (Lipinski definition) is 1. The van der Waals surface area contributed by atoms with Crippen molar-refractivity contribution in [2.45, 2.75) is 19.8 Å². The molecule has 3 rings (SSSR count). The van der Waals surface area contributed by atoms with E-state index in [4.69, 9.17) is 9.72 Å². The van der Waals surface area contributed by atoms with Crippen LogP contribution in [0.25, 0.3) is 11.3 Å². The Kier molecular flexibility index (Phi) is 6.06. The lowest BCUT2D eigenvalue weighted by Gasteiger charge is -2.04. The number of thiazole rings is 1. The van der Waals surface area contributed by atoms with E-state index in [0.717, 1.165) is 39.4 Å². The first-order chi connectivity index (χ1) is 12.6. The third-order valence-corrected chi connectivity index (χ3v) is 5.41. The van der Waals surface area contributed by atoms with Crippen molar-refractivity contribution in [3.8, 4) is 11.3 Å². The number of benzene rings is 2. The molecule has 0 aliphatic rings. The largest absolute Gasteiger partial charge is 0.465 e. The van der Waals surface area contributed by atoms with Gasteiger partial charge in [-0.25, -0.2) is 9.78 Å². The Morgan fingerprint density at radius 1 is 1.15 bits per heavy atom. The summed E-state index contributed by atoms with van der Waals surface area (Å²) in [5.74, 6) is -0.339. The Balaban J connectivity index is 1.85. The summed E-state index contributed by atoms with van der Waals surface area (Å²) in [7, 11) is 1.38. The number of ether oxygens (including phenoxy) is 1. The highest BCUT2D eigenvalue weighted by Gasteiger charge is 2.13. The van der Waals surface area contributed by atoms with Crippen LogP contribution in [-0.2, 0) is 11.2 Å². The molecule has 134 valence electrons. The van der Waals surface area contributed by atoms with Crippen LogP contribution in [0.2, 0.25) is 0 Å². The lowest BCUT2D eigenvalue weighted by atomic mass is 10.1. The predicted octanol–water partition coefficient (Wildman–Crippen LogP) is 6.06. The van der Waals surface area contributed by atoms with Crippen LogP contribution >= 0.6 is 27.3 Å². The maximum absolute atomic E-state index is 11.5. The Morgan fingerprint density at radius 3 is 2.46 bits per heavy atom. The number of aryl methyl sites for hydroxylation is 1. The molecule has 26 heavy (non-hydrogen) atoms. The van der Waals surface area contributed by atoms with E-state index in [2.05, 4.69) is 40.3 Å². The molecule has 1 N–H and O–H groups in total. The highest BCUT2D eigenvalue weighted by atomic mass is 79.9. The quantitative estimate of drug-likeness (QED) is 0.483. The number of rotatable bonds is 6. The smallest absolute Gasteiger partial charge is 0.337 e. The molecule has 4 nitrogen and oxygen atoms in total. The summed E-state index contributed by atoms with van der Waals surface area (Å²) in [5, 5.41) is 4.18. The predicted molar refractivity (Wildman–Crippen MR) is 110 cm³/mol. The van der Waals surface area contributed by atoms with Crippen molar-refractivity contribution < 1.29 is 9.53 Å². The van der Waals surface area contributed by atoms with E-state index < -0.39 is 0 Å². The van der Waals surface area contributed by atoms with Crippen LogP contribution in [0.15, 0.2) is 53.0 Å². The van der Waals surface area contributed by atoms with Crippen molar-refractivity contribution >= 4 is 44.1 Å². The summed E-state index contributed by atoms with van der Waals surface area (Å²) >= 11 is 5.14. The van der Waals surface area contributed by atoms with Crippen LogP contribution in [0.1, 0.15) is 28.6 Å². The summed E-state index contributed by atoms with van der Waals surface area (Å²) in [6.45, 7) is 2.17. The first kappa shape index (κ1) is 18.6. The van der Waals surface area contributed by atoms with Crippen LogP contribution in [0.4, 0.5) is 10.8 Å². The van der Waals surface area contributed by atoms with E-state index >= 15 is 0 Å². The number of anilines is 2. The molecule has 6 heteroatoms. The Hall–Kier alpha value is -2.18. The highest BCUT2D eigenvalue weighted by Crippen LogP contribution is 2.34. The first-order valence-corrected chi connectivity index (χ1v) is 9.92. The van der Waals surface area contributed by atoms with Gasteiger partial charge in [-0.05, 0) is 42.8 Å². The number of carbonyl (C=O) groups is 1. The van der Waals surface area contributed by atoms with Gasteiger partial charge in [0.15, 0.2) is 5.13 Å². The SMILES string of the molecule is CCCc1sc(Nc2ccc(C(=O)OC)cc2)nc1-c1ccc(Br)cc1. The minimum absolute atomic E-state index is 0.339. The molecular formula is C20H19BrN2O2S. The molecule has 0 amide bonds. The lowest BCUT2D eigenvalue weighted by Crippen LogP contribution is -2.00. The van der Waals surface area contributed by atoms with E-state index in [1.54, 1.807) is 23.5 Å². The van der Waals surface area contributed by atoms with Gasteiger partial charge in [0.25, 0.3) is 0 Å². The van der Waals surface area contributed by atoms with E-state index in [0.29, 0.717) is 5.56 Å². The van der Waals surface area contributed by atoms with Gasteiger partial charge in [-0.15, -0.1) is 11.3 Å². The molecule has 0 atom stereocenters. The molecule has 2 aromatic carbocycles. The van der Waals surface area contributed by atoms with E-state index in [1.165, 1.54) is 12.0 Å². The number of carbonyl (C=O) groups excluding carboxylic acids is 1. The van der Waals surface area contributed by atoms with Crippen LogP contribution in [-0.4, -0.2) is 18.1 Å². The van der Waals surface area contributed by atoms with Crippen molar-refractivity contribution in [3.05, 3.63) is 63.4 Å². The zero-order valence-electron chi connectivity index (χ0n) is 14.6. The third kappa shape index (κ3) is 4.31. The zero-order chi connectivity index (χ0) is 18.5. The molecule has 0 saturated carbocycles. The minimum Gasteiger partial charge on any atom is -0.465 e. The van der Waals surface area contributed by atoms with E-state index in [9.17, 15) is 4.79 Å². The Morgan fingerprint density at radius 2 is 1.85 bits per heavy atom. The van der Waals surface area contributed by atoms with Gasteiger partial charge in [0.05, 0.1) is 18.4 Å². The zero-order valence-corrected chi connectivity index (χ0v) is 17.0. The van der Waals surface area contributed by atoms with Gasteiger partial charge in [-0.1, -0.05) is 41.4 Å². The summed E-state index contributed by atoms with van der Waals surface area (Å²) in [5.41, 5.74) is 3.55. The molecule has 0 aliphatic heterocycles. The molecule has 1 heterocycles. The second-order valence-corrected chi connectivity index (χ2v) is 7.74. The van der Waals surface area contributed by atoms with Crippen molar-refractivity contribution in [1.82, 2.24) is 4.98 Å². The Bertz CT molecular complexity index is 889. The van der Waals surface area contributed by atoms with Crippen LogP contribution in [0, 0.1) is 0 Å². The van der Waals surface area contributed by atoms with Gasteiger partial charge < -0.3 is 10.1 Å². The summed E-state index contributed by atoms with van der Waals surface area (Å²) in [6.07, 6.45) is 2.06. The molecule has 0 spiro atoms. The van der Waals surface area contributed by atoms with Gasteiger partial charge in [0.2, 0.25) is 0 Å². The lowest BCUT2D eigenvalue weighted by molar-refractivity contribution is 0.0601. The van der Waals surface area contributed by atoms with Gasteiger partial charge in [0.1, 0.15) is 0 Å². The van der Waals surface area contributed by atoms with Crippen molar-refractivity contribution in [3.63, 3.8) is 0 Å². The number of hydrogen-bond acceptors (Lipinski definition) is 5. The number of halogens is 1.